The topological polar surface area (TPSA) is 106 Å². The lowest BCUT2D eigenvalue weighted by atomic mass is 10.0. The molecular formula is C33H61N2O7P. The minimum Gasteiger partial charge on any atom is -0.756 e. The van der Waals surface area contributed by atoms with Crippen LogP contribution in [-0.4, -0.2) is 77.2 Å². The van der Waals surface area contributed by atoms with E-state index in [1.165, 1.54) is 77.0 Å². The van der Waals surface area contributed by atoms with Crippen molar-refractivity contribution >= 4 is 13.8 Å². The van der Waals surface area contributed by atoms with Crippen molar-refractivity contribution in [2.24, 2.45) is 0 Å². The molecule has 2 unspecified atom stereocenters. The number of rotatable bonds is 29. The fraction of sp³-hybridized carbons (Fsp3) is 0.788. The van der Waals surface area contributed by atoms with Gasteiger partial charge in [0, 0.05) is 13.2 Å². The van der Waals surface area contributed by atoms with Crippen LogP contribution in [0.5, 0.6) is 0 Å². The van der Waals surface area contributed by atoms with Gasteiger partial charge in [0.2, 0.25) is 0 Å². The van der Waals surface area contributed by atoms with Crippen LogP contribution >= 0.6 is 7.82 Å². The zero-order valence-electron chi connectivity index (χ0n) is 27.6. The Labute approximate surface area is 262 Å². The van der Waals surface area contributed by atoms with Crippen LogP contribution < -0.4 is 10.2 Å². The Bertz CT molecular complexity index is 851. The number of quaternary nitrogens is 1. The lowest BCUT2D eigenvalue weighted by Crippen LogP contribution is -2.38. The van der Waals surface area contributed by atoms with E-state index in [-0.39, 0.29) is 32.9 Å². The number of phosphoric acid groups is 1. The Morgan fingerprint density at radius 1 is 0.860 bits per heavy atom. The number of nitrogens with zero attached hydrogens (tertiary/aromatic N) is 1. The number of nitrogens with one attached hydrogen (secondary N) is 1. The third kappa shape index (κ3) is 25.7. The highest BCUT2D eigenvalue weighted by atomic mass is 31.2. The van der Waals surface area contributed by atoms with Gasteiger partial charge in [0.05, 0.1) is 34.3 Å². The van der Waals surface area contributed by atoms with Gasteiger partial charge in [-0.3, -0.25) is 9.36 Å². The molecule has 2 atom stereocenters. The third-order valence-corrected chi connectivity index (χ3v) is 8.17. The van der Waals surface area contributed by atoms with Crippen LogP contribution in [0.25, 0.3) is 0 Å². The molecule has 1 N–H and O–H groups in total. The summed E-state index contributed by atoms with van der Waals surface area (Å²) in [5.74, 6) is -0.435. The molecule has 250 valence electrons. The van der Waals surface area contributed by atoms with Crippen LogP contribution in [-0.2, 0) is 34.5 Å². The number of ether oxygens (including phenoxy) is 2. The molecule has 1 rings (SSSR count). The molecule has 0 aliphatic heterocycles. The molecular weight excluding hydrogens is 567 g/mol. The lowest BCUT2D eigenvalue weighted by molar-refractivity contribution is -0.870. The second kappa shape index (κ2) is 24.9. The van der Waals surface area contributed by atoms with Crippen LogP contribution in [0.1, 0.15) is 102 Å². The molecule has 1 aromatic rings. The van der Waals surface area contributed by atoms with Crippen LogP contribution in [0.3, 0.4) is 0 Å². The summed E-state index contributed by atoms with van der Waals surface area (Å²) in [6.45, 7) is 3.62. The van der Waals surface area contributed by atoms with Crippen LogP contribution in [0.4, 0.5) is 0 Å². The summed E-state index contributed by atoms with van der Waals surface area (Å²) < 4.78 is 34.5. The van der Waals surface area contributed by atoms with E-state index in [1.807, 2.05) is 51.5 Å². The monoisotopic (exact) mass is 628 g/mol. The van der Waals surface area contributed by atoms with Gasteiger partial charge in [-0.1, -0.05) is 121 Å². The highest BCUT2D eigenvalue weighted by Gasteiger charge is 2.20. The van der Waals surface area contributed by atoms with Gasteiger partial charge in [-0.05, 0) is 12.0 Å². The molecule has 0 aliphatic carbocycles. The molecule has 0 spiro atoms. The molecule has 0 radical (unpaired) electrons. The summed E-state index contributed by atoms with van der Waals surface area (Å²) >= 11 is 0. The van der Waals surface area contributed by atoms with E-state index < -0.39 is 19.9 Å². The first-order chi connectivity index (χ1) is 20.6. The molecule has 43 heavy (non-hydrogen) atoms. The Morgan fingerprint density at radius 2 is 1.42 bits per heavy atom. The number of unbranched alkanes of at least 4 members (excludes halogenated alkanes) is 13. The summed E-state index contributed by atoms with van der Waals surface area (Å²) in [5, 5.41) is 2.93. The molecule has 0 heterocycles. The third-order valence-electron chi connectivity index (χ3n) is 7.12. The Balaban J connectivity index is 2.27. The fourth-order valence-electron chi connectivity index (χ4n) is 4.50. The summed E-state index contributed by atoms with van der Waals surface area (Å²) in [4.78, 5) is 24.6. The van der Waals surface area contributed by atoms with E-state index in [1.54, 1.807) is 0 Å². The van der Waals surface area contributed by atoms with Crippen molar-refractivity contribution in [1.82, 2.24) is 5.32 Å². The standard InChI is InChI=1S/C33H61N2O7P/c1-5-6-7-8-9-10-11-12-13-14-15-16-17-21-25-39-30-32(42-43(37,38)41-26-24-35(2,3)4)27-34-28-33(36)40-29-31-22-19-18-20-23-31/h18-20,22-23,32,34H,5-17,21,24-30H2,1-4H3. The van der Waals surface area contributed by atoms with E-state index in [9.17, 15) is 14.3 Å². The van der Waals surface area contributed by atoms with Gasteiger partial charge in [-0.25, -0.2) is 0 Å². The summed E-state index contributed by atoms with van der Waals surface area (Å²) in [5.41, 5.74) is 0.896. The Kier molecular flexibility index (Phi) is 23.0. The van der Waals surface area contributed by atoms with E-state index in [2.05, 4.69) is 12.2 Å². The van der Waals surface area contributed by atoms with Gasteiger partial charge in [0.1, 0.15) is 25.9 Å². The molecule has 0 aromatic heterocycles. The Hall–Kier alpha value is -1.32. The zero-order valence-corrected chi connectivity index (χ0v) is 28.5. The highest BCUT2D eigenvalue weighted by Crippen LogP contribution is 2.39. The average Bonchev–Trinajstić information content (AvgIpc) is 2.95. The number of hydrogen-bond donors (Lipinski definition) is 1. The number of likely N-dealkylation sites (N-methyl/N-ethyl adjacent to an activating group) is 1. The minimum atomic E-state index is -4.54. The predicted octanol–water partition coefficient (Wildman–Crippen LogP) is 6.39. The van der Waals surface area contributed by atoms with E-state index >= 15 is 0 Å². The van der Waals surface area contributed by atoms with Crippen molar-refractivity contribution in [2.75, 3.05) is 60.6 Å². The number of carbonyl (C=O) groups is 1. The molecule has 9 nitrogen and oxygen atoms in total. The van der Waals surface area contributed by atoms with Crippen LogP contribution in [0.2, 0.25) is 0 Å². The van der Waals surface area contributed by atoms with Crippen LogP contribution in [0.15, 0.2) is 30.3 Å². The molecule has 0 bridgehead atoms. The van der Waals surface area contributed by atoms with Gasteiger partial charge in [-0.15, -0.1) is 0 Å². The molecule has 1 aromatic carbocycles. The number of esters is 1. The molecule has 0 aliphatic rings. The van der Waals surface area contributed by atoms with Crippen molar-refractivity contribution < 1.29 is 37.3 Å². The lowest BCUT2D eigenvalue weighted by Gasteiger charge is -2.30. The number of carbonyl (C=O) groups excluding carboxylic acids is 1. The quantitative estimate of drug-likeness (QED) is 0.0471. The SMILES string of the molecule is CCCCCCCCCCCCCCCCOCC(CNCC(=O)OCc1ccccc1)OP(=O)([O-])OCC[N+](C)(C)C. The van der Waals surface area contributed by atoms with Gasteiger partial charge in [0.25, 0.3) is 7.82 Å². The van der Waals surface area contributed by atoms with Gasteiger partial charge >= 0.3 is 5.97 Å². The smallest absolute Gasteiger partial charge is 0.320 e. The average molecular weight is 629 g/mol. The minimum absolute atomic E-state index is 0.0240. The molecule has 10 heteroatoms. The first-order valence-corrected chi connectivity index (χ1v) is 18.0. The van der Waals surface area contributed by atoms with Gasteiger partial charge in [-0.2, -0.15) is 0 Å². The molecule has 0 saturated carbocycles. The van der Waals surface area contributed by atoms with Gasteiger partial charge < -0.3 is 33.2 Å². The number of phosphoric ester groups is 1. The normalized spacial score (nSPS) is 14.0. The molecule has 0 amide bonds. The summed E-state index contributed by atoms with van der Waals surface area (Å²) in [6, 6.07) is 9.42. The maximum Gasteiger partial charge on any atom is 0.320 e. The number of hydrogen-bond acceptors (Lipinski definition) is 8. The first kappa shape index (κ1) is 39.7. The number of benzene rings is 1. The summed E-state index contributed by atoms with van der Waals surface area (Å²) in [7, 11) is 1.32. The molecule has 0 saturated heterocycles. The van der Waals surface area contributed by atoms with Crippen molar-refractivity contribution in [3.05, 3.63) is 35.9 Å². The van der Waals surface area contributed by atoms with Gasteiger partial charge in [0.15, 0.2) is 0 Å². The fourth-order valence-corrected chi connectivity index (χ4v) is 5.37. The highest BCUT2D eigenvalue weighted by molar-refractivity contribution is 7.45. The van der Waals surface area contributed by atoms with Crippen molar-refractivity contribution in [3.63, 3.8) is 0 Å². The van der Waals surface area contributed by atoms with Crippen LogP contribution in [0, 0.1) is 0 Å². The van der Waals surface area contributed by atoms with E-state index in [0.29, 0.717) is 17.6 Å². The van der Waals surface area contributed by atoms with Crippen molar-refractivity contribution in [3.8, 4) is 0 Å². The predicted molar refractivity (Wildman–Crippen MR) is 172 cm³/mol. The Morgan fingerprint density at radius 3 is 1.98 bits per heavy atom. The maximum absolute atomic E-state index is 12.5. The zero-order chi connectivity index (χ0) is 31.7. The maximum atomic E-state index is 12.5. The second-order valence-electron chi connectivity index (χ2n) is 12.5. The first-order valence-electron chi connectivity index (χ1n) is 16.5. The second-order valence-corrected chi connectivity index (χ2v) is 13.8. The summed E-state index contributed by atoms with van der Waals surface area (Å²) in [6.07, 6.45) is 17.2. The van der Waals surface area contributed by atoms with Crippen molar-refractivity contribution in [2.45, 2.75) is 110 Å². The van der Waals surface area contributed by atoms with E-state index in [4.69, 9.17) is 18.5 Å². The van der Waals surface area contributed by atoms with E-state index in [0.717, 1.165) is 18.4 Å². The molecule has 0 fully saturated rings. The largest absolute Gasteiger partial charge is 0.756 e. The van der Waals surface area contributed by atoms with Crippen molar-refractivity contribution in [1.29, 1.82) is 0 Å².